The van der Waals surface area contributed by atoms with Crippen LogP contribution in [0.4, 0.5) is 0 Å². The van der Waals surface area contributed by atoms with Crippen LogP contribution in [0.1, 0.15) is 32.2 Å². The van der Waals surface area contributed by atoms with Crippen LogP contribution in [0, 0.1) is 6.92 Å². The maximum absolute atomic E-state index is 12.3. The van der Waals surface area contributed by atoms with Crippen LogP contribution >= 0.6 is 11.3 Å². The van der Waals surface area contributed by atoms with Crippen molar-refractivity contribution < 1.29 is 18.8 Å². The van der Waals surface area contributed by atoms with Gasteiger partial charge in [0.05, 0.1) is 21.7 Å². The molecule has 1 N–H and O–H groups in total. The Hall–Kier alpha value is -3.26. The number of hydrogen-bond acceptors (Lipinski definition) is 6. The normalized spacial score (nSPS) is 13.1. The molecule has 1 aliphatic rings. The number of imide groups is 1. The van der Waals surface area contributed by atoms with Gasteiger partial charge in [0.15, 0.2) is 0 Å². The molecule has 0 spiro atoms. The number of oxazole rings is 1. The van der Waals surface area contributed by atoms with Gasteiger partial charge in [0.2, 0.25) is 11.8 Å². The number of fused-ring (bicyclic) bond motifs is 1. The monoisotopic (exact) mass is 395 g/mol. The van der Waals surface area contributed by atoms with Gasteiger partial charge in [-0.15, -0.1) is 11.3 Å². The van der Waals surface area contributed by atoms with Gasteiger partial charge in [-0.3, -0.25) is 19.3 Å². The average Bonchev–Trinajstić information content (AvgIpc) is 3.39. The van der Waals surface area contributed by atoms with Crippen molar-refractivity contribution in [3.8, 4) is 10.8 Å². The zero-order valence-corrected chi connectivity index (χ0v) is 15.9. The molecule has 0 saturated heterocycles. The van der Waals surface area contributed by atoms with Gasteiger partial charge in [-0.05, 0) is 30.5 Å². The fourth-order valence-electron chi connectivity index (χ4n) is 3.07. The first-order valence-electron chi connectivity index (χ1n) is 8.76. The van der Waals surface area contributed by atoms with E-state index in [1.807, 2.05) is 24.4 Å². The molecular weight excluding hydrogens is 378 g/mol. The molecular formula is C20H17N3O4S. The van der Waals surface area contributed by atoms with Crippen molar-refractivity contribution in [3.63, 3.8) is 0 Å². The second-order valence-electron chi connectivity index (χ2n) is 6.34. The predicted molar refractivity (Wildman–Crippen MR) is 103 cm³/mol. The minimum atomic E-state index is -0.441. The maximum atomic E-state index is 12.3. The van der Waals surface area contributed by atoms with Crippen LogP contribution < -0.4 is 5.32 Å². The summed E-state index contributed by atoms with van der Waals surface area (Å²) in [5.74, 6) is -0.000599. The SMILES string of the molecule is Cc1oc(-c2cccs2)nc1CCNC(=O)CN1C(=O)c2ccccc2C1=O. The number of aryl methyl sites for hydroxylation is 1. The zero-order chi connectivity index (χ0) is 19.7. The molecule has 0 saturated carbocycles. The topological polar surface area (TPSA) is 92.5 Å². The summed E-state index contributed by atoms with van der Waals surface area (Å²) in [6.45, 7) is 1.86. The molecule has 0 unspecified atom stereocenters. The molecule has 2 aromatic heterocycles. The Labute approximate surface area is 165 Å². The van der Waals surface area contributed by atoms with Gasteiger partial charge < -0.3 is 9.73 Å². The van der Waals surface area contributed by atoms with Crippen LogP contribution in [0.15, 0.2) is 46.2 Å². The Morgan fingerprint density at radius 3 is 2.50 bits per heavy atom. The largest absolute Gasteiger partial charge is 0.440 e. The molecule has 1 aromatic carbocycles. The van der Waals surface area contributed by atoms with E-state index in [0.29, 0.717) is 35.7 Å². The smallest absolute Gasteiger partial charge is 0.262 e. The van der Waals surface area contributed by atoms with E-state index >= 15 is 0 Å². The lowest BCUT2D eigenvalue weighted by atomic mass is 10.1. The number of carbonyl (C=O) groups is 3. The number of rotatable bonds is 6. The van der Waals surface area contributed by atoms with E-state index < -0.39 is 17.7 Å². The van der Waals surface area contributed by atoms with Gasteiger partial charge >= 0.3 is 0 Å². The molecule has 0 fully saturated rings. The molecule has 0 aliphatic carbocycles. The van der Waals surface area contributed by atoms with E-state index in [4.69, 9.17) is 4.42 Å². The van der Waals surface area contributed by atoms with Crippen LogP contribution in [0.2, 0.25) is 0 Å². The van der Waals surface area contributed by atoms with Gasteiger partial charge in [-0.2, -0.15) is 0 Å². The summed E-state index contributed by atoms with van der Waals surface area (Å²) >= 11 is 1.54. The standard InChI is InChI=1S/C20H17N3O4S/c1-12-15(22-18(27-12)16-7-4-10-28-16)8-9-21-17(24)11-23-19(25)13-5-2-3-6-14(13)20(23)26/h2-7,10H,8-9,11H2,1H3,(H,21,24). The summed E-state index contributed by atoms with van der Waals surface area (Å²) < 4.78 is 5.68. The summed E-state index contributed by atoms with van der Waals surface area (Å²) in [5, 5.41) is 4.69. The molecule has 7 nitrogen and oxygen atoms in total. The first kappa shape index (κ1) is 18.1. The molecule has 0 radical (unpaired) electrons. The molecule has 0 bridgehead atoms. The Balaban J connectivity index is 1.32. The van der Waals surface area contributed by atoms with Gasteiger partial charge in [-0.25, -0.2) is 4.98 Å². The first-order valence-corrected chi connectivity index (χ1v) is 9.64. The Morgan fingerprint density at radius 1 is 1.14 bits per heavy atom. The molecule has 3 heterocycles. The molecule has 8 heteroatoms. The van der Waals surface area contributed by atoms with Gasteiger partial charge in [0.25, 0.3) is 11.8 Å². The highest BCUT2D eigenvalue weighted by molar-refractivity contribution is 7.13. The van der Waals surface area contributed by atoms with E-state index in [9.17, 15) is 14.4 Å². The first-order chi connectivity index (χ1) is 13.5. The molecule has 1 aliphatic heterocycles. The number of benzene rings is 1. The van der Waals surface area contributed by atoms with Crippen LogP contribution in [0.25, 0.3) is 10.8 Å². The lowest BCUT2D eigenvalue weighted by Gasteiger charge is -2.13. The Bertz CT molecular complexity index is 1020. The fraction of sp³-hybridized carbons (Fsp3) is 0.200. The van der Waals surface area contributed by atoms with Crippen molar-refractivity contribution >= 4 is 29.1 Å². The van der Waals surface area contributed by atoms with Crippen molar-refractivity contribution in [3.05, 3.63) is 64.4 Å². The van der Waals surface area contributed by atoms with Crippen molar-refractivity contribution in [1.29, 1.82) is 0 Å². The second kappa shape index (κ2) is 7.40. The quantitative estimate of drug-likeness (QED) is 0.648. The van der Waals surface area contributed by atoms with E-state index in [2.05, 4.69) is 10.3 Å². The number of nitrogens with one attached hydrogen (secondary N) is 1. The third kappa shape index (κ3) is 3.34. The molecule has 142 valence electrons. The molecule has 0 atom stereocenters. The summed E-state index contributed by atoms with van der Waals surface area (Å²) in [5.41, 5.74) is 1.43. The highest BCUT2D eigenvalue weighted by Gasteiger charge is 2.36. The average molecular weight is 395 g/mol. The lowest BCUT2D eigenvalue weighted by molar-refractivity contribution is -0.121. The highest BCUT2D eigenvalue weighted by atomic mass is 32.1. The Morgan fingerprint density at radius 2 is 1.86 bits per heavy atom. The van der Waals surface area contributed by atoms with Crippen LogP contribution in [-0.4, -0.2) is 40.7 Å². The summed E-state index contributed by atoms with van der Waals surface area (Å²) in [6, 6.07) is 10.4. The number of amides is 3. The summed E-state index contributed by atoms with van der Waals surface area (Å²) in [7, 11) is 0. The molecule has 4 rings (SSSR count). The number of aromatic nitrogens is 1. The number of hydrogen-bond donors (Lipinski definition) is 1. The fourth-order valence-corrected chi connectivity index (χ4v) is 3.72. The third-order valence-electron chi connectivity index (χ3n) is 4.49. The Kier molecular flexibility index (Phi) is 4.79. The molecule has 3 aromatic rings. The maximum Gasteiger partial charge on any atom is 0.262 e. The summed E-state index contributed by atoms with van der Waals surface area (Å²) in [6.07, 6.45) is 0.495. The van der Waals surface area contributed by atoms with Crippen molar-refractivity contribution in [2.75, 3.05) is 13.1 Å². The molecule has 28 heavy (non-hydrogen) atoms. The second-order valence-corrected chi connectivity index (χ2v) is 7.29. The number of thiophene rings is 1. The minimum Gasteiger partial charge on any atom is -0.440 e. The number of nitrogens with zero attached hydrogens (tertiary/aromatic N) is 2. The minimum absolute atomic E-state index is 0.301. The van der Waals surface area contributed by atoms with E-state index in [0.717, 1.165) is 15.5 Å². The van der Waals surface area contributed by atoms with E-state index in [-0.39, 0.29) is 6.54 Å². The van der Waals surface area contributed by atoms with E-state index in [1.54, 1.807) is 35.6 Å². The summed E-state index contributed by atoms with van der Waals surface area (Å²) in [4.78, 5) is 43.2. The van der Waals surface area contributed by atoms with Crippen molar-refractivity contribution in [2.45, 2.75) is 13.3 Å². The van der Waals surface area contributed by atoms with Crippen LogP contribution in [-0.2, 0) is 11.2 Å². The van der Waals surface area contributed by atoms with Crippen LogP contribution in [0.5, 0.6) is 0 Å². The van der Waals surface area contributed by atoms with Gasteiger partial charge in [-0.1, -0.05) is 18.2 Å². The van der Waals surface area contributed by atoms with Crippen molar-refractivity contribution in [1.82, 2.24) is 15.2 Å². The lowest BCUT2D eigenvalue weighted by Crippen LogP contribution is -2.40. The molecule has 3 amide bonds. The zero-order valence-electron chi connectivity index (χ0n) is 15.1. The number of carbonyl (C=O) groups excluding carboxylic acids is 3. The van der Waals surface area contributed by atoms with Gasteiger partial charge in [0.1, 0.15) is 12.3 Å². The predicted octanol–water partition coefficient (Wildman–Crippen LogP) is 2.67. The van der Waals surface area contributed by atoms with Crippen LogP contribution in [0.3, 0.4) is 0 Å². The van der Waals surface area contributed by atoms with Gasteiger partial charge in [0, 0.05) is 13.0 Å². The highest BCUT2D eigenvalue weighted by Crippen LogP contribution is 2.26. The van der Waals surface area contributed by atoms with Crippen molar-refractivity contribution in [2.24, 2.45) is 0 Å². The van der Waals surface area contributed by atoms with E-state index in [1.165, 1.54) is 0 Å². The third-order valence-corrected chi connectivity index (χ3v) is 5.35.